The van der Waals surface area contributed by atoms with Gasteiger partial charge in [-0.05, 0) is 64.2 Å². The number of aliphatic hydroxyl groups is 4. The Balaban J connectivity index is 0.868. The van der Waals surface area contributed by atoms with E-state index in [4.69, 9.17) is 47.4 Å². The number of ether oxygens (including phenoxy) is 10. The van der Waals surface area contributed by atoms with Crippen molar-refractivity contribution in [1.29, 1.82) is 0 Å². The summed E-state index contributed by atoms with van der Waals surface area (Å²) in [6.07, 6.45) is -5.06. The molecular formula is C40H58O16. The Morgan fingerprint density at radius 3 is 2.29 bits per heavy atom. The Morgan fingerprint density at radius 1 is 0.821 bits per heavy atom. The van der Waals surface area contributed by atoms with Crippen LogP contribution in [0.4, 0.5) is 0 Å². The van der Waals surface area contributed by atoms with E-state index in [2.05, 4.69) is 13.0 Å². The summed E-state index contributed by atoms with van der Waals surface area (Å²) in [6.45, 7) is 9.26. The van der Waals surface area contributed by atoms with Gasteiger partial charge in [0.05, 0.1) is 55.1 Å². The van der Waals surface area contributed by atoms with E-state index in [1.807, 2.05) is 6.08 Å². The molecule has 0 spiro atoms. The van der Waals surface area contributed by atoms with Crippen LogP contribution in [-0.2, 0) is 57.0 Å². The molecule has 16 heteroatoms. The van der Waals surface area contributed by atoms with Crippen LogP contribution in [0.3, 0.4) is 0 Å². The summed E-state index contributed by atoms with van der Waals surface area (Å²) in [4.78, 5) is 26.6. The van der Waals surface area contributed by atoms with Crippen molar-refractivity contribution in [3.8, 4) is 0 Å². The average molecular weight is 795 g/mol. The van der Waals surface area contributed by atoms with Gasteiger partial charge in [0.15, 0.2) is 18.9 Å². The molecule has 0 aromatic rings. The van der Waals surface area contributed by atoms with E-state index in [9.17, 15) is 30.0 Å². The van der Waals surface area contributed by atoms with Gasteiger partial charge in [-0.2, -0.15) is 0 Å². The number of rotatable bonds is 7. The van der Waals surface area contributed by atoms with Crippen LogP contribution >= 0.6 is 0 Å². The predicted molar refractivity (Wildman–Crippen MR) is 190 cm³/mol. The third kappa shape index (κ3) is 7.19. The molecule has 0 unspecified atom stereocenters. The van der Waals surface area contributed by atoms with Gasteiger partial charge in [-0.25, -0.2) is 4.79 Å². The Kier molecular flexibility index (Phi) is 11.3. The Labute approximate surface area is 326 Å². The van der Waals surface area contributed by atoms with Crippen molar-refractivity contribution < 1.29 is 77.4 Å². The summed E-state index contributed by atoms with van der Waals surface area (Å²) in [6, 6.07) is 0. The number of allylic oxidation sites excluding steroid dienone is 2. The largest absolute Gasteiger partial charge is 0.459 e. The Bertz CT molecular complexity index is 1540. The molecule has 56 heavy (non-hydrogen) atoms. The zero-order valence-electron chi connectivity index (χ0n) is 32.9. The lowest BCUT2D eigenvalue weighted by atomic mass is 9.55. The summed E-state index contributed by atoms with van der Waals surface area (Å²) in [7, 11) is 1.51. The first-order valence-corrected chi connectivity index (χ1v) is 20.2. The topological polar surface area (TPSA) is 207 Å². The zero-order chi connectivity index (χ0) is 39.8. The van der Waals surface area contributed by atoms with E-state index >= 15 is 0 Å². The van der Waals surface area contributed by atoms with E-state index in [-0.39, 0.29) is 48.8 Å². The lowest BCUT2D eigenvalue weighted by Gasteiger charge is -2.51. The molecule has 2 aliphatic carbocycles. The van der Waals surface area contributed by atoms with Gasteiger partial charge in [-0.3, -0.25) is 4.79 Å². The van der Waals surface area contributed by atoms with E-state index < -0.39 is 104 Å². The fourth-order valence-electron chi connectivity index (χ4n) is 10.6. The molecule has 1 saturated carbocycles. The molecule has 0 radical (unpaired) electrons. The van der Waals surface area contributed by atoms with Crippen molar-refractivity contribution in [2.45, 2.75) is 177 Å². The lowest BCUT2D eigenvalue weighted by molar-refractivity contribution is -0.350. The highest BCUT2D eigenvalue weighted by atomic mass is 16.8. The van der Waals surface area contributed by atoms with Crippen molar-refractivity contribution in [3.63, 3.8) is 0 Å². The molecule has 6 heterocycles. The second-order valence-electron chi connectivity index (χ2n) is 17.4. The van der Waals surface area contributed by atoms with Crippen LogP contribution in [-0.4, -0.2) is 144 Å². The van der Waals surface area contributed by atoms with Crippen LogP contribution < -0.4 is 0 Å². The second kappa shape index (κ2) is 15.5. The third-order valence-corrected chi connectivity index (χ3v) is 13.9. The number of carbonyl (C=O) groups is 2. The van der Waals surface area contributed by atoms with Crippen LogP contribution in [0.15, 0.2) is 23.3 Å². The Morgan fingerprint density at radius 2 is 1.54 bits per heavy atom. The highest BCUT2D eigenvalue weighted by Gasteiger charge is 2.61. The number of aliphatic hydroxyl groups excluding tert-OH is 4. The van der Waals surface area contributed by atoms with Gasteiger partial charge < -0.3 is 67.8 Å². The second-order valence-corrected chi connectivity index (χ2v) is 17.4. The standard InChI is InChI=1S/C40H58O16/c1-17-31(42)26(47-6)15-29(49-17)54-34-18(2)50-28(14-25(34)41)55-35-19(3)51-38(33(44)32(35)43)52-21-11-12-39(4)20(13-21)7-8-22-24(39)10-9-23-30-27(53-36(22)45)16-48-40(30,5)56-37(23)46/h7,9,17-19,21-22,24-35,38,41-44H,8,10-16H2,1-6H3/b23-9-/t17-,18+,19-,21-,22+,24-,25-,26-,27+,28-,29-,30+,31+,32-,33-,34+,35-,38-,39-,40+/m0/s1. The summed E-state index contributed by atoms with van der Waals surface area (Å²) < 4.78 is 59.4. The summed E-state index contributed by atoms with van der Waals surface area (Å²) >= 11 is 0. The predicted octanol–water partition coefficient (Wildman–Crippen LogP) is 1.53. The molecule has 0 aromatic heterocycles. The minimum absolute atomic E-state index is 0.0330. The van der Waals surface area contributed by atoms with E-state index in [1.54, 1.807) is 27.7 Å². The first-order chi connectivity index (χ1) is 26.6. The van der Waals surface area contributed by atoms with E-state index in [0.29, 0.717) is 37.7 Å². The smallest absolute Gasteiger partial charge is 0.336 e. The summed E-state index contributed by atoms with van der Waals surface area (Å²) in [5, 5.41) is 43.9. The molecule has 8 rings (SSSR count). The number of fused-ring (bicyclic) bond motifs is 3. The molecule has 6 aliphatic heterocycles. The number of methoxy groups -OCH3 is 1. The van der Waals surface area contributed by atoms with Gasteiger partial charge in [-0.15, -0.1) is 0 Å². The molecule has 0 bridgehead atoms. The van der Waals surface area contributed by atoms with E-state index in [0.717, 1.165) is 5.57 Å². The van der Waals surface area contributed by atoms with Crippen LogP contribution in [0.25, 0.3) is 0 Å². The van der Waals surface area contributed by atoms with Crippen LogP contribution in [0, 0.1) is 23.2 Å². The molecule has 5 saturated heterocycles. The van der Waals surface area contributed by atoms with Gasteiger partial charge in [-0.1, -0.05) is 24.6 Å². The quantitative estimate of drug-likeness (QED) is 0.213. The molecular weight excluding hydrogens is 736 g/mol. The first-order valence-electron chi connectivity index (χ1n) is 20.2. The monoisotopic (exact) mass is 794 g/mol. The molecule has 4 N–H and O–H groups in total. The maximum atomic E-state index is 13.7. The number of carbonyl (C=O) groups excluding carboxylic acids is 2. The molecule has 6 fully saturated rings. The molecule has 0 aromatic carbocycles. The first kappa shape index (κ1) is 40.7. The third-order valence-electron chi connectivity index (χ3n) is 13.9. The number of hydrogen-bond donors (Lipinski definition) is 4. The van der Waals surface area contributed by atoms with Crippen molar-refractivity contribution in [1.82, 2.24) is 0 Å². The normalized spacial score (nSPS) is 52.8. The van der Waals surface area contributed by atoms with Crippen LogP contribution in [0.5, 0.6) is 0 Å². The zero-order valence-corrected chi connectivity index (χ0v) is 32.9. The molecule has 16 nitrogen and oxygen atoms in total. The van der Waals surface area contributed by atoms with Gasteiger partial charge in [0, 0.05) is 32.4 Å². The minimum atomic E-state index is -1.43. The lowest BCUT2D eigenvalue weighted by Crippen LogP contribution is -2.61. The van der Waals surface area contributed by atoms with E-state index in [1.165, 1.54) is 7.11 Å². The fourth-order valence-corrected chi connectivity index (χ4v) is 10.6. The maximum Gasteiger partial charge on any atom is 0.336 e. The van der Waals surface area contributed by atoms with Crippen molar-refractivity contribution in [3.05, 3.63) is 23.3 Å². The minimum Gasteiger partial charge on any atom is -0.459 e. The van der Waals surface area contributed by atoms with Crippen LogP contribution in [0.2, 0.25) is 0 Å². The number of esters is 2. The average Bonchev–Trinajstić information content (AvgIpc) is 3.61. The molecule has 0 amide bonds. The van der Waals surface area contributed by atoms with Crippen molar-refractivity contribution >= 4 is 11.9 Å². The summed E-state index contributed by atoms with van der Waals surface area (Å²) in [5.74, 6) is -2.78. The highest BCUT2D eigenvalue weighted by Crippen LogP contribution is 2.56. The Hall–Kier alpha value is -2.06. The SMILES string of the molecule is CO[C@H]1C[C@H](O[C@H]2[C@@H](O)C[C@H](O[C@@H]3[C@@H](O)[C@H](O)[C@H](O[C@H]4CC[C@@]5(C)C(=CC[C@H]6C(=O)O[C@@H]7CO[C@]8(C)OC(=O)/C(=C\C[C@@H]65)[C@H]78)C4)O[C@H]3C)O[C@@H]2C)O[C@@H](C)[C@H]1O. The molecule has 20 atom stereocenters. The van der Waals surface area contributed by atoms with Gasteiger partial charge in [0.25, 0.3) is 0 Å². The van der Waals surface area contributed by atoms with Crippen LogP contribution in [0.1, 0.15) is 79.6 Å². The summed E-state index contributed by atoms with van der Waals surface area (Å²) in [5.41, 5.74) is 1.30. The van der Waals surface area contributed by atoms with Crippen molar-refractivity contribution in [2.24, 2.45) is 23.2 Å². The maximum absolute atomic E-state index is 13.7. The highest BCUT2D eigenvalue weighted by molar-refractivity contribution is 5.92. The molecule has 8 aliphatic rings. The molecule has 314 valence electrons. The van der Waals surface area contributed by atoms with Crippen molar-refractivity contribution in [2.75, 3.05) is 13.7 Å². The number of hydrogen-bond acceptors (Lipinski definition) is 16. The fraction of sp³-hybridized carbons (Fsp3) is 0.850. The van der Waals surface area contributed by atoms with Gasteiger partial charge in [0.2, 0.25) is 5.79 Å². The van der Waals surface area contributed by atoms with Gasteiger partial charge >= 0.3 is 11.9 Å². The van der Waals surface area contributed by atoms with Gasteiger partial charge in [0.1, 0.15) is 36.6 Å².